The highest BCUT2D eigenvalue weighted by Gasteiger charge is 2.32. The summed E-state index contributed by atoms with van der Waals surface area (Å²) >= 11 is 0. The number of benzene rings is 2. The van der Waals surface area contributed by atoms with Crippen LogP contribution in [0.5, 0.6) is 5.75 Å². The Labute approximate surface area is 235 Å². The molecule has 2 N–H and O–H groups in total. The van der Waals surface area contributed by atoms with Crippen molar-refractivity contribution < 1.29 is 23.5 Å². The van der Waals surface area contributed by atoms with Gasteiger partial charge in [0.1, 0.15) is 17.7 Å². The molecule has 2 aromatic carbocycles. The van der Waals surface area contributed by atoms with Crippen molar-refractivity contribution in [2.24, 2.45) is 0 Å². The van der Waals surface area contributed by atoms with Crippen molar-refractivity contribution in [1.82, 2.24) is 15.1 Å². The van der Waals surface area contributed by atoms with Crippen LogP contribution in [0.1, 0.15) is 84.6 Å². The number of hydrogen-bond donors (Lipinski definition) is 2. The number of carbonyl (C=O) groups is 3. The Morgan fingerprint density at radius 2 is 1.77 bits per heavy atom. The number of carbonyl (C=O) groups excluding carboxylic acids is 3. The number of amides is 3. The number of rotatable bonds is 6. The standard InChI is InChI=1S/C31H39FN4O4/c1-20-19-35(30(38)24-14-25(32)17-26(15-24)34-21(2)37)12-13-36(20)31(39)23-8-9-29(40-27-10-11-33-18-27)28(16-23)22-6-4-3-5-7-22/h8-9,14-17,20,22,27,33H,3-7,10-13,18-19H2,1-2H3,(H,34,37)/t20-,27-/m0/s1. The van der Waals surface area contributed by atoms with Crippen LogP contribution in [0.4, 0.5) is 10.1 Å². The zero-order valence-electron chi connectivity index (χ0n) is 23.4. The van der Waals surface area contributed by atoms with Crippen LogP contribution in [0.2, 0.25) is 0 Å². The molecule has 5 rings (SSSR count). The normalized spacial score (nSPS) is 21.8. The summed E-state index contributed by atoms with van der Waals surface area (Å²) in [5, 5.41) is 5.88. The van der Waals surface area contributed by atoms with Crippen LogP contribution in [-0.4, -0.2) is 72.4 Å². The minimum Gasteiger partial charge on any atom is -0.489 e. The molecule has 0 radical (unpaired) electrons. The highest BCUT2D eigenvalue weighted by atomic mass is 19.1. The molecule has 0 bridgehead atoms. The molecule has 214 valence electrons. The van der Waals surface area contributed by atoms with Gasteiger partial charge in [-0.05, 0) is 80.6 Å². The molecule has 0 aromatic heterocycles. The fourth-order valence-corrected chi connectivity index (χ4v) is 6.21. The smallest absolute Gasteiger partial charge is 0.254 e. The molecule has 2 saturated heterocycles. The molecular formula is C31H39FN4O4. The van der Waals surface area contributed by atoms with Crippen molar-refractivity contribution in [1.29, 1.82) is 0 Å². The first-order chi connectivity index (χ1) is 19.3. The Balaban J connectivity index is 1.30. The Kier molecular flexibility index (Phi) is 8.69. The topological polar surface area (TPSA) is 91.0 Å². The quantitative estimate of drug-likeness (QED) is 0.551. The fraction of sp³-hybridized carbons (Fsp3) is 0.516. The second-order valence-corrected chi connectivity index (χ2v) is 11.3. The predicted molar refractivity (Wildman–Crippen MR) is 151 cm³/mol. The van der Waals surface area contributed by atoms with Crippen molar-refractivity contribution in [3.8, 4) is 5.75 Å². The highest BCUT2D eigenvalue weighted by Crippen LogP contribution is 2.39. The van der Waals surface area contributed by atoms with E-state index < -0.39 is 5.82 Å². The Hall–Kier alpha value is -3.46. The maximum Gasteiger partial charge on any atom is 0.254 e. The van der Waals surface area contributed by atoms with E-state index in [0.717, 1.165) is 43.7 Å². The summed E-state index contributed by atoms with van der Waals surface area (Å²) in [6, 6.07) is 9.49. The van der Waals surface area contributed by atoms with Crippen molar-refractivity contribution in [2.75, 3.05) is 38.0 Å². The van der Waals surface area contributed by atoms with Gasteiger partial charge >= 0.3 is 0 Å². The second-order valence-electron chi connectivity index (χ2n) is 11.3. The molecule has 2 aromatic rings. The summed E-state index contributed by atoms with van der Waals surface area (Å²) in [7, 11) is 0. The first-order valence-corrected chi connectivity index (χ1v) is 14.5. The van der Waals surface area contributed by atoms with Gasteiger partial charge in [-0.2, -0.15) is 0 Å². The van der Waals surface area contributed by atoms with E-state index in [0.29, 0.717) is 31.1 Å². The molecule has 3 amide bonds. The lowest BCUT2D eigenvalue weighted by molar-refractivity contribution is -0.114. The minimum atomic E-state index is -0.596. The van der Waals surface area contributed by atoms with E-state index in [1.54, 1.807) is 4.90 Å². The molecule has 0 spiro atoms. The van der Waals surface area contributed by atoms with Gasteiger partial charge in [0.2, 0.25) is 5.91 Å². The van der Waals surface area contributed by atoms with Gasteiger partial charge in [-0.3, -0.25) is 14.4 Å². The van der Waals surface area contributed by atoms with Gasteiger partial charge in [-0.25, -0.2) is 4.39 Å². The van der Waals surface area contributed by atoms with E-state index in [1.165, 1.54) is 44.4 Å². The number of nitrogens with zero attached hydrogens (tertiary/aromatic N) is 2. The van der Waals surface area contributed by atoms with Crippen LogP contribution in [0.3, 0.4) is 0 Å². The van der Waals surface area contributed by atoms with Crippen LogP contribution < -0.4 is 15.4 Å². The van der Waals surface area contributed by atoms with Gasteiger partial charge < -0.3 is 25.2 Å². The molecule has 8 nitrogen and oxygen atoms in total. The third kappa shape index (κ3) is 6.46. The van der Waals surface area contributed by atoms with Crippen LogP contribution in [0.25, 0.3) is 0 Å². The summed E-state index contributed by atoms with van der Waals surface area (Å²) in [5.41, 5.74) is 2.19. The Bertz CT molecular complexity index is 1260. The maximum atomic E-state index is 14.2. The van der Waals surface area contributed by atoms with Gasteiger partial charge in [-0.1, -0.05) is 19.3 Å². The van der Waals surface area contributed by atoms with E-state index in [1.807, 2.05) is 30.0 Å². The van der Waals surface area contributed by atoms with Crippen LogP contribution in [0.15, 0.2) is 36.4 Å². The molecule has 40 heavy (non-hydrogen) atoms. The number of anilines is 1. The summed E-state index contributed by atoms with van der Waals surface area (Å²) in [4.78, 5) is 41.8. The average molecular weight is 551 g/mol. The minimum absolute atomic E-state index is 0.0514. The fourth-order valence-electron chi connectivity index (χ4n) is 6.21. The van der Waals surface area contributed by atoms with Crippen molar-refractivity contribution in [3.63, 3.8) is 0 Å². The third-order valence-corrected chi connectivity index (χ3v) is 8.25. The van der Waals surface area contributed by atoms with Gasteiger partial charge in [0, 0.05) is 56.0 Å². The maximum absolute atomic E-state index is 14.2. The number of halogens is 1. The van der Waals surface area contributed by atoms with Gasteiger partial charge in [0.25, 0.3) is 11.8 Å². The van der Waals surface area contributed by atoms with E-state index in [2.05, 4.69) is 10.6 Å². The lowest BCUT2D eigenvalue weighted by Gasteiger charge is -2.40. The molecule has 1 aliphatic carbocycles. The molecule has 3 fully saturated rings. The molecule has 0 unspecified atom stereocenters. The summed E-state index contributed by atoms with van der Waals surface area (Å²) in [6.45, 7) is 6.12. The van der Waals surface area contributed by atoms with Crippen LogP contribution in [-0.2, 0) is 4.79 Å². The summed E-state index contributed by atoms with van der Waals surface area (Å²) in [6.07, 6.45) is 6.99. The third-order valence-electron chi connectivity index (χ3n) is 8.25. The van der Waals surface area contributed by atoms with E-state index >= 15 is 0 Å². The van der Waals surface area contributed by atoms with Crippen molar-refractivity contribution >= 4 is 23.4 Å². The lowest BCUT2D eigenvalue weighted by Crippen LogP contribution is -2.55. The molecule has 1 saturated carbocycles. The number of nitrogens with one attached hydrogen (secondary N) is 2. The first kappa shape index (κ1) is 28.1. The van der Waals surface area contributed by atoms with Gasteiger partial charge in [-0.15, -0.1) is 0 Å². The molecule has 2 aliphatic heterocycles. The molecule has 2 atom stereocenters. The van der Waals surface area contributed by atoms with Gasteiger partial charge in [0.05, 0.1) is 0 Å². The second kappa shape index (κ2) is 12.4. The molecule has 2 heterocycles. The zero-order chi connectivity index (χ0) is 28.2. The first-order valence-electron chi connectivity index (χ1n) is 14.5. The number of piperazine rings is 1. The number of ether oxygens (including phenoxy) is 1. The monoisotopic (exact) mass is 550 g/mol. The average Bonchev–Trinajstić information content (AvgIpc) is 3.45. The molecule has 9 heteroatoms. The zero-order valence-corrected chi connectivity index (χ0v) is 23.4. The summed E-state index contributed by atoms with van der Waals surface area (Å²) < 4.78 is 20.6. The summed E-state index contributed by atoms with van der Waals surface area (Å²) in [5.74, 6) is -0.0221. The molecular weight excluding hydrogens is 511 g/mol. The largest absolute Gasteiger partial charge is 0.489 e. The lowest BCUT2D eigenvalue weighted by atomic mass is 9.83. The van der Waals surface area contributed by atoms with Gasteiger partial charge in [0.15, 0.2) is 0 Å². The number of hydrogen-bond acceptors (Lipinski definition) is 5. The Morgan fingerprint density at radius 1 is 0.975 bits per heavy atom. The van der Waals surface area contributed by atoms with E-state index in [4.69, 9.17) is 4.74 Å². The predicted octanol–water partition coefficient (Wildman–Crippen LogP) is 4.56. The SMILES string of the molecule is CC(=O)Nc1cc(F)cc(C(=O)N2CCN(C(=O)c3ccc(O[C@H]4CCNC4)c(C4CCCCC4)c3)[C@@H](C)C2)c1. The Morgan fingerprint density at radius 3 is 2.48 bits per heavy atom. The van der Waals surface area contributed by atoms with E-state index in [-0.39, 0.29) is 41.1 Å². The van der Waals surface area contributed by atoms with Crippen molar-refractivity contribution in [3.05, 3.63) is 58.9 Å². The van der Waals surface area contributed by atoms with Crippen LogP contribution in [0, 0.1) is 5.82 Å². The highest BCUT2D eigenvalue weighted by molar-refractivity contribution is 5.98. The van der Waals surface area contributed by atoms with Crippen LogP contribution >= 0.6 is 0 Å². The van der Waals surface area contributed by atoms with Crippen molar-refractivity contribution in [2.45, 2.75) is 70.4 Å². The van der Waals surface area contributed by atoms with E-state index in [9.17, 15) is 18.8 Å². The molecule has 3 aliphatic rings.